The minimum Gasteiger partial charge on any atom is -0.381 e. The zero-order valence-corrected chi connectivity index (χ0v) is 14.9. The lowest BCUT2D eigenvalue weighted by atomic mass is 10.1. The average molecular weight is 344 g/mol. The molecule has 1 aromatic carbocycles. The summed E-state index contributed by atoms with van der Waals surface area (Å²) in [5, 5.41) is 8.80. The van der Waals surface area contributed by atoms with Crippen LogP contribution in [0, 0.1) is 18.8 Å². The van der Waals surface area contributed by atoms with Crippen LogP contribution in [-0.2, 0) is 9.84 Å². The maximum atomic E-state index is 12.2. The van der Waals surface area contributed by atoms with Crippen molar-refractivity contribution in [2.75, 3.05) is 0 Å². The molecular formula is C18H20N2O3S. The van der Waals surface area contributed by atoms with Gasteiger partial charge in [0, 0.05) is 5.56 Å². The lowest BCUT2D eigenvalue weighted by Gasteiger charge is -2.09. The molecule has 0 aliphatic rings. The van der Waals surface area contributed by atoms with Gasteiger partial charge in [0.25, 0.3) is 0 Å². The number of hydrogen-bond acceptors (Lipinski definition) is 5. The molecule has 1 atom stereocenters. The molecule has 24 heavy (non-hydrogen) atoms. The van der Waals surface area contributed by atoms with Crippen LogP contribution in [-0.4, -0.2) is 34.8 Å². The molecule has 0 spiro atoms. The van der Waals surface area contributed by atoms with E-state index in [1.165, 1.54) is 0 Å². The third kappa shape index (κ3) is 3.99. The van der Waals surface area contributed by atoms with E-state index in [4.69, 9.17) is 0 Å². The molecule has 0 unspecified atom stereocenters. The Bertz CT molecular complexity index is 890. The molecule has 0 radical (unpaired) electrons. The molecule has 1 N–H and O–H groups in total. The van der Waals surface area contributed by atoms with Crippen molar-refractivity contribution in [1.82, 2.24) is 9.97 Å². The van der Waals surface area contributed by atoms with Crippen LogP contribution < -0.4 is 0 Å². The SMILES string of the molecule is Cc1ncc(-c2ccc(S(=O)(=O)C(C)C)cc2)nc1C#C[C@H](C)O. The Labute approximate surface area is 142 Å². The summed E-state index contributed by atoms with van der Waals surface area (Å²) in [7, 11) is -3.30. The summed E-state index contributed by atoms with van der Waals surface area (Å²) in [5.74, 6) is 5.45. The van der Waals surface area contributed by atoms with Gasteiger partial charge >= 0.3 is 0 Å². The maximum absolute atomic E-state index is 12.2. The topological polar surface area (TPSA) is 80.2 Å². The zero-order valence-electron chi connectivity index (χ0n) is 14.1. The lowest BCUT2D eigenvalue weighted by Crippen LogP contribution is -2.13. The van der Waals surface area contributed by atoms with Crippen molar-refractivity contribution >= 4 is 9.84 Å². The van der Waals surface area contributed by atoms with Crippen molar-refractivity contribution in [3.8, 4) is 23.1 Å². The van der Waals surface area contributed by atoms with Crippen LogP contribution in [0.25, 0.3) is 11.3 Å². The van der Waals surface area contributed by atoms with E-state index in [0.717, 1.165) is 5.56 Å². The van der Waals surface area contributed by atoms with Crippen molar-refractivity contribution in [2.45, 2.75) is 43.9 Å². The summed E-state index contributed by atoms with van der Waals surface area (Å²) in [6.45, 7) is 6.68. The first-order chi connectivity index (χ1) is 11.2. The quantitative estimate of drug-likeness (QED) is 0.865. The third-order valence-electron chi connectivity index (χ3n) is 3.45. The molecule has 0 aliphatic heterocycles. The first-order valence-electron chi connectivity index (χ1n) is 7.59. The van der Waals surface area contributed by atoms with Gasteiger partial charge in [0.05, 0.1) is 27.7 Å². The van der Waals surface area contributed by atoms with Crippen LogP contribution in [0.15, 0.2) is 35.4 Å². The smallest absolute Gasteiger partial charge is 0.180 e. The van der Waals surface area contributed by atoms with Crippen LogP contribution in [0.2, 0.25) is 0 Å². The Morgan fingerprint density at radius 2 is 1.75 bits per heavy atom. The van der Waals surface area contributed by atoms with Crippen molar-refractivity contribution in [3.63, 3.8) is 0 Å². The van der Waals surface area contributed by atoms with E-state index in [-0.39, 0.29) is 4.90 Å². The van der Waals surface area contributed by atoms with Gasteiger partial charge in [-0.15, -0.1) is 0 Å². The second-order valence-corrected chi connectivity index (χ2v) is 8.26. The van der Waals surface area contributed by atoms with E-state index in [0.29, 0.717) is 17.1 Å². The van der Waals surface area contributed by atoms with Crippen molar-refractivity contribution in [3.05, 3.63) is 41.9 Å². The fraction of sp³-hybridized carbons (Fsp3) is 0.333. The summed E-state index contributed by atoms with van der Waals surface area (Å²) in [6.07, 6.45) is 0.879. The average Bonchev–Trinajstić information content (AvgIpc) is 2.54. The van der Waals surface area contributed by atoms with E-state index in [1.807, 2.05) is 0 Å². The highest BCUT2D eigenvalue weighted by Crippen LogP contribution is 2.22. The fourth-order valence-corrected chi connectivity index (χ4v) is 3.03. The van der Waals surface area contributed by atoms with Crippen LogP contribution in [0.4, 0.5) is 0 Å². The Hall–Kier alpha value is -2.23. The molecule has 0 saturated heterocycles. The van der Waals surface area contributed by atoms with Gasteiger partial charge in [-0.25, -0.2) is 13.4 Å². The highest BCUT2D eigenvalue weighted by Gasteiger charge is 2.18. The molecule has 6 heteroatoms. The summed E-state index contributed by atoms with van der Waals surface area (Å²) in [6, 6.07) is 6.57. The molecule has 2 aromatic rings. The Morgan fingerprint density at radius 3 is 2.29 bits per heavy atom. The fourth-order valence-electron chi connectivity index (χ4n) is 1.97. The van der Waals surface area contributed by atoms with Gasteiger partial charge in [-0.05, 0) is 45.7 Å². The van der Waals surface area contributed by atoms with Gasteiger partial charge in [0.2, 0.25) is 0 Å². The van der Waals surface area contributed by atoms with E-state index < -0.39 is 21.2 Å². The summed E-state index contributed by atoms with van der Waals surface area (Å²) in [5.41, 5.74) is 2.52. The number of nitrogens with zero attached hydrogens (tertiary/aromatic N) is 2. The predicted octanol–water partition coefficient (Wildman–Crippen LogP) is 2.37. The second kappa shape index (κ2) is 7.12. The van der Waals surface area contributed by atoms with Crippen molar-refractivity contribution < 1.29 is 13.5 Å². The van der Waals surface area contributed by atoms with Gasteiger partial charge < -0.3 is 5.11 Å². The number of sulfone groups is 1. The molecule has 0 amide bonds. The molecular weight excluding hydrogens is 324 g/mol. The molecule has 1 aromatic heterocycles. The number of rotatable bonds is 3. The minimum atomic E-state index is -3.30. The van der Waals surface area contributed by atoms with Gasteiger partial charge in [-0.3, -0.25) is 4.98 Å². The van der Waals surface area contributed by atoms with E-state index >= 15 is 0 Å². The normalized spacial score (nSPS) is 12.6. The lowest BCUT2D eigenvalue weighted by molar-refractivity contribution is 0.253. The van der Waals surface area contributed by atoms with Crippen LogP contribution in [0.1, 0.15) is 32.2 Å². The van der Waals surface area contributed by atoms with Gasteiger partial charge in [-0.2, -0.15) is 0 Å². The standard InChI is InChI=1S/C18H20N2O3S/c1-12(2)24(22,23)16-8-6-15(7-9-16)18-11-19-14(4)17(20-18)10-5-13(3)21/h6-9,11-13,21H,1-4H3/t13-/m0/s1. The molecule has 0 fully saturated rings. The number of aryl methyl sites for hydroxylation is 1. The molecule has 0 bridgehead atoms. The summed E-state index contributed by atoms with van der Waals surface area (Å²) >= 11 is 0. The van der Waals surface area contributed by atoms with E-state index in [2.05, 4.69) is 21.8 Å². The molecule has 126 valence electrons. The van der Waals surface area contributed by atoms with Gasteiger partial charge in [0.15, 0.2) is 9.84 Å². The van der Waals surface area contributed by atoms with Crippen LogP contribution in [0.3, 0.4) is 0 Å². The number of benzene rings is 1. The molecule has 5 nitrogen and oxygen atoms in total. The predicted molar refractivity (Wildman–Crippen MR) is 93.1 cm³/mol. The highest BCUT2D eigenvalue weighted by molar-refractivity contribution is 7.92. The number of aliphatic hydroxyl groups excluding tert-OH is 1. The number of aliphatic hydroxyl groups is 1. The molecule has 1 heterocycles. The Balaban J connectivity index is 2.40. The molecule has 0 saturated carbocycles. The van der Waals surface area contributed by atoms with Crippen molar-refractivity contribution in [1.29, 1.82) is 0 Å². The van der Waals surface area contributed by atoms with Crippen molar-refractivity contribution in [2.24, 2.45) is 0 Å². The second-order valence-electron chi connectivity index (χ2n) is 5.75. The Kier molecular flexibility index (Phi) is 5.37. The Morgan fingerprint density at radius 1 is 1.12 bits per heavy atom. The third-order valence-corrected chi connectivity index (χ3v) is 5.62. The van der Waals surface area contributed by atoms with Gasteiger partial charge in [0.1, 0.15) is 11.8 Å². The summed E-state index contributed by atoms with van der Waals surface area (Å²) in [4.78, 5) is 9.00. The van der Waals surface area contributed by atoms with E-state index in [1.54, 1.807) is 58.2 Å². The molecule has 2 rings (SSSR count). The monoisotopic (exact) mass is 344 g/mol. The largest absolute Gasteiger partial charge is 0.381 e. The first-order valence-corrected chi connectivity index (χ1v) is 9.14. The van der Waals surface area contributed by atoms with Gasteiger partial charge in [-0.1, -0.05) is 18.1 Å². The number of hydrogen-bond donors (Lipinski definition) is 1. The van der Waals surface area contributed by atoms with Crippen LogP contribution in [0.5, 0.6) is 0 Å². The summed E-state index contributed by atoms with van der Waals surface area (Å²) < 4.78 is 24.3. The van der Waals surface area contributed by atoms with Crippen LogP contribution >= 0.6 is 0 Å². The highest BCUT2D eigenvalue weighted by atomic mass is 32.2. The maximum Gasteiger partial charge on any atom is 0.180 e. The molecule has 0 aliphatic carbocycles. The minimum absolute atomic E-state index is 0.287. The zero-order chi connectivity index (χ0) is 17.9. The van der Waals surface area contributed by atoms with E-state index in [9.17, 15) is 13.5 Å². The first kappa shape index (κ1) is 18.1. The number of aromatic nitrogens is 2.